The number of aryl methyl sites for hydroxylation is 2. The zero-order valence-electron chi connectivity index (χ0n) is 15.5. The van der Waals surface area contributed by atoms with Gasteiger partial charge in [0, 0.05) is 44.3 Å². The fourth-order valence-electron chi connectivity index (χ4n) is 3.54. The molecule has 0 spiro atoms. The van der Waals surface area contributed by atoms with Crippen molar-refractivity contribution in [3.63, 3.8) is 0 Å². The lowest BCUT2D eigenvalue weighted by Gasteiger charge is -2.21. The molecule has 0 bridgehead atoms. The Labute approximate surface area is 148 Å². The van der Waals surface area contributed by atoms with E-state index >= 15 is 0 Å². The molecule has 0 saturated carbocycles. The highest BCUT2D eigenvalue weighted by Gasteiger charge is 2.35. The van der Waals surface area contributed by atoms with E-state index in [1.807, 2.05) is 33.8 Å². The first-order chi connectivity index (χ1) is 11.9. The van der Waals surface area contributed by atoms with E-state index in [4.69, 9.17) is 14.2 Å². The molecule has 0 aromatic carbocycles. The first-order valence-corrected chi connectivity index (χ1v) is 8.52. The van der Waals surface area contributed by atoms with Crippen LogP contribution in [-0.4, -0.2) is 36.4 Å². The molecule has 0 aliphatic carbocycles. The van der Waals surface area contributed by atoms with Crippen LogP contribution in [0, 0.1) is 44.9 Å². The SMILES string of the molecule is CO[C@H]1CN(c2nc(C)c(C)c(C)c2C#N)C[C@H]1Cc1cc(C)no1. The van der Waals surface area contributed by atoms with Crippen LogP contribution in [0.3, 0.4) is 0 Å². The van der Waals surface area contributed by atoms with Gasteiger partial charge in [0.1, 0.15) is 17.6 Å². The summed E-state index contributed by atoms with van der Waals surface area (Å²) < 4.78 is 11.1. The molecule has 132 valence electrons. The summed E-state index contributed by atoms with van der Waals surface area (Å²) in [6.07, 6.45) is 0.835. The van der Waals surface area contributed by atoms with Gasteiger partial charge in [0.2, 0.25) is 0 Å². The molecule has 25 heavy (non-hydrogen) atoms. The first kappa shape index (κ1) is 17.4. The highest BCUT2D eigenvalue weighted by molar-refractivity contribution is 5.61. The minimum Gasteiger partial charge on any atom is -0.379 e. The fraction of sp³-hybridized carbons (Fsp3) is 0.526. The minimum absolute atomic E-state index is 0.0701. The van der Waals surface area contributed by atoms with E-state index in [0.717, 1.165) is 53.6 Å². The van der Waals surface area contributed by atoms with Crippen molar-refractivity contribution in [2.75, 3.05) is 25.1 Å². The van der Waals surface area contributed by atoms with Crippen molar-refractivity contribution in [3.8, 4) is 6.07 Å². The molecule has 1 aliphatic heterocycles. The molecule has 0 unspecified atom stereocenters. The van der Waals surface area contributed by atoms with Crippen LogP contribution in [0.2, 0.25) is 0 Å². The van der Waals surface area contributed by atoms with E-state index < -0.39 is 0 Å². The number of nitriles is 1. The van der Waals surface area contributed by atoms with Crippen molar-refractivity contribution < 1.29 is 9.26 Å². The van der Waals surface area contributed by atoms with Crippen molar-refractivity contribution >= 4 is 5.82 Å². The average molecular weight is 340 g/mol. The van der Waals surface area contributed by atoms with Crippen molar-refractivity contribution in [2.24, 2.45) is 5.92 Å². The molecule has 6 nitrogen and oxygen atoms in total. The second-order valence-corrected chi connectivity index (χ2v) is 6.84. The van der Waals surface area contributed by atoms with Gasteiger partial charge in [0.05, 0.1) is 17.4 Å². The molecule has 1 fully saturated rings. The molecule has 2 atom stereocenters. The van der Waals surface area contributed by atoms with Crippen LogP contribution in [0.15, 0.2) is 10.6 Å². The van der Waals surface area contributed by atoms with Crippen molar-refractivity contribution in [1.29, 1.82) is 5.26 Å². The van der Waals surface area contributed by atoms with Gasteiger partial charge < -0.3 is 14.2 Å². The second kappa shape index (κ2) is 6.85. The number of hydrogen-bond acceptors (Lipinski definition) is 6. The monoisotopic (exact) mass is 340 g/mol. The van der Waals surface area contributed by atoms with Gasteiger partial charge in [0.15, 0.2) is 0 Å². The highest BCUT2D eigenvalue weighted by Crippen LogP contribution is 2.31. The van der Waals surface area contributed by atoms with Crippen LogP contribution in [0.4, 0.5) is 5.82 Å². The zero-order chi connectivity index (χ0) is 18.1. The summed E-state index contributed by atoms with van der Waals surface area (Å²) in [6, 6.07) is 4.30. The van der Waals surface area contributed by atoms with Crippen LogP contribution in [0.1, 0.15) is 33.8 Å². The first-order valence-electron chi connectivity index (χ1n) is 8.52. The standard InChI is InChI=1S/C19H24N4O2/c1-11-6-16(25-22-11)7-15-9-23(10-18(15)24-5)19-17(8-20)13(3)12(2)14(4)21-19/h6,15,18H,7,9-10H2,1-5H3/t15-,18+/m1/s1. The molecular formula is C19H24N4O2. The Hall–Kier alpha value is -2.39. The Morgan fingerprint density at radius 2 is 2.04 bits per heavy atom. The number of aromatic nitrogens is 2. The fourth-order valence-corrected chi connectivity index (χ4v) is 3.54. The topological polar surface area (TPSA) is 75.2 Å². The van der Waals surface area contributed by atoms with E-state index in [0.29, 0.717) is 5.56 Å². The van der Waals surface area contributed by atoms with Gasteiger partial charge in [0.25, 0.3) is 0 Å². The van der Waals surface area contributed by atoms with E-state index in [2.05, 4.69) is 16.1 Å². The molecule has 2 aromatic rings. The largest absolute Gasteiger partial charge is 0.379 e. The maximum Gasteiger partial charge on any atom is 0.147 e. The van der Waals surface area contributed by atoms with Gasteiger partial charge in [-0.3, -0.25) is 0 Å². The highest BCUT2D eigenvalue weighted by atomic mass is 16.5. The third kappa shape index (κ3) is 3.24. The third-order valence-corrected chi connectivity index (χ3v) is 5.21. The van der Waals surface area contributed by atoms with Crippen molar-refractivity contribution in [1.82, 2.24) is 10.1 Å². The molecule has 2 aromatic heterocycles. The summed E-state index contributed by atoms with van der Waals surface area (Å²) in [7, 11) is 1.73. The molecule has 0 amide bonds. The summed E-state index contributed by atoms with van der Waals surface area (Å²) in [6.45, 7) is 9.41. The zero-order valence-corrected chi connectivity index (χ0v) is 15.5. The van der Waals surface area contributed by atoms with Gasteiger partial charge in [-0.05, 0) is 38.8 Å². The number of hydrogen-bond donors (Lipinski definition) is 0. The summed E-state index contributed by atoms with van der Waals surface area (Å²) in [5.74, 6) is 1.91. The van der Waals surface area contributed by atoms with Gasteiger partial charge in [-0.2, -0.15) is 5.26 Å². The van der Waals surface area contributed by atoms with Gasteiger partial charge in [-0.15, -0.1) is 0 Å². The number of ether oxygens (including phenoxy) is 1. The average Bonchev–Trinajstić information content (AvgIpc) is 3.18. The molecule has 0 N–H and O–H groups in total. The number of anilines is 1. The number of nitrogens with zero attached hydrogens (tertiary/aromatic N) is 4. The molecule has 0 radical (unpaired) electrons. The van der Waals surface area contributed by atoms with Crippen LogP contribution in [0.5, 0.6) is 0 Å². The number of rotatable bonds is 4. The number of methoxy groups -OCH3 is 1. The van der Waals surface area contributed by atoms with E-state index in [1.165, 1.54) is 0 Å². The van der Waals surface area contributed by atoms with Crippen molar-refractivity contribution in [3.05, 3.63) is 39.9 Å². The van der Waals surface area contributed by atoms with Crippen LogP contribution in [0.25, 0.3) is 0 Å². The van der Waals surface area contributed by atoms with Gasteiger partial charge in [-0.1, -0.05) is 5.16 Å². The summed E-state index contributed by atoms with van der Waals surface area (Å²) in [5.41, 5.74) is 4.60. The van der Waals surface area contributed by atoms with Crippen LogP contribution in [-0.2, 0) is 11.2 Å². The maximum absolute atomic E-state index is 9.63. The normalized spacial score (nSPS) is 20.1. The summed E-state index contributed by atoms with van der Waals surface area (Å²) in [4.78, 5) is 6.88. The quantitative estimate of drug-likeness (QED) is 0.852. The third-order valence-electron chi connectivity index (χ3n) is 5.21. The number of pyridine rings is 1. The van der Waals surface area contributed by atoms with Crippen LogP contribution >= 0.6 is 0 Å². The molecule has 3 rings (SSSR count). The van der Waals surface area contributed by atoms with Crippen LogP contribution < -0.4 is 4.90 Å². The van der Waals surface area contributed by atoms with E-state index in [9.17, 15) is 5.26 Å². The Morgan fingerprint density at radius 1 is 1.28 bits per heavy atom. The van der Waals surface area contributed by atoms with Crippen molar-refractivity contribution in [2.45, 2.75) is 40.2 Å². The van der Waals surface area contributed by atoms with Gasteiger partial charge >= 0.3 is 0 Å². The minimum atomic E-state index is 0.0701. The smallest absolute Gasteiger partial charge is 0.147 e. The lowest BCUT2D eigenvalue weighted by molar-refractivity contribution is 0.0812. The Bertz CT molecular complexity index is 822. The molecule has 6 heteroatoms. The predicted octanol–water partition coefficient (Wildman–Crippen LogP) is 2.87. The maximum atomic E-state index is 9.63. The molecule has 1 saturated heterocycles. The Morgan fingerprint density at radius 3 is 2.64 bits per heavy atom. The van der Waals surface area contributed by atoms with E-state index in [1.54, 1.807) is 7.11 Å². The van der Waals surface area contributed by atoms with E-state index in [-0.39, 0.29) is 12.0 Å². The Balaban J connectivity index is 1.88. The lowest BCUT2D eigenvalue weighted by atomic mass is 10.0. The molecule has 1 aliphatic rings. The Kier molecular flexibility index (Phi) is 4.78. The summed E-state index contributed by atoms with van der Waals surface area (Å²) >= 11 is 0. The summed E-state index contributed by atoms with van der Waals surface area (Å²) in [5, 5.41) is 13.6. The molecule has 3 heterocycles. The predicted molar refractivity (Wildman–Crippen MR) is 94.6 cm³/mol. The molecular weight excluding hydrogens is 316 g/mol. The lowest BCUT2D eigenvalue weighted by Crippen LogP contribution is -2.25. The van der Waals surface area contributed by atoms with Gasteiger partial charge in [-0.25, -0.2) is 4.98 Å². The second-order valence-electron chi connectivity index (χ2n) is 6.84.